The van der Waals surface area contributed by atoms with Gasteiger partial charge in [-0.25, -0.2) is 0 Å². The van der Waals surface area contributed by atoms with Crippen molar-refractivity contribution in [1.29, 1.82) is 0 Å². The van der Waals surface area contributed by atoms with Gasteiger partial charge in [0.05, 0.1) is 11.1 Å². The summed E-state index contributed by atoms with van der Waals surface area (Å²) in [7, 11) is 0. The summed E-state index contributed by atoms with van der Waals surface area (Å²) in [5, 5.41) is 0. The number of hydrogen-bond acceptors (Lipinski definition) is 3. The van der Waals surface area contributed by atoms with E-state index in [0.29, 0.717) is 18.6 Å². The molecular formula is C23H23F6NO2. The second-order valence-corrected chi connectivity index (χ2v) is 8.80. The molecule has 0 N–H and O–H groups in total. The molecule has 4 rings (SSSR count). The first-order chi connectivity index (χ1) is 15.0. The van der Waals surface area contributed by atoms with Crippen molar-refractivity contribution in [3.8, 4) is 11.1 Å². The molecule has 1 aliphatic carbocycles. The smallest absolute Gasteiger partial charge is 0.300 e. The van der Waals surface area contributed by atoms with Crippen molar-refractivity contribution in [3.05, 3.63) is 55.3 Å². The second kappa shape index (κ2) is 8.32. The molecule has 0 radical (unpaired) electrons. The normalized spacial score (nSPS) is 23.6. The van der Waals surface area contributed by atoms with Crippen LogP contribution >= 0.6 is 0 Å². The van der Waals surface area contributed by atoms with Crippen molar-refractivity contribution in [2.24, 2.45) is 0 Å². The molecule has 3 nitrogen and oxygen atoms in total. The van der Waals surface area contributed by atoms with Crippen molar-refractivity contribution in [2.75, 3.05) is 13.1 Å². The average Bonchev–Trinajstić information content (AvgIpc) is 2.76. The molecule has 0 amide bonds. The molecule has 174 valence electrons. The highest BCUT2D eigenvalue weighted by atomic mass is 19.4. The topological polar surface area (TPSA) is 37.4 Å². The fraction of sp³-hybridized carbons (Fsp3) is 0.565. The highest BCUT2D eigenvalue weighted by molar-refractivity contribution is 5.73. The SMILES string of the molecule is O=c1c(-c2cc(C(F)(F)F)cc(C(F)(F)F)c2)c([C@H]2CCCC[C@@H]2N2CCCCC2)c1=O. The Labute approximate surface area is 180 Å². The first-order valence-electron chi connectivity index (χ1n) is 10.9. The van der Waals surface area contributed by atoms with Gasteiger partial charge in [0.25, 0.3) is 0 Å². The summed E-state index contributed by atoms with van der Waals surface area (Å²) in [6.07, 6.45) is -3.82. The maximum absolute atomic E-state index is 13.3. The highest BCUT2D eigenvalue weighted by Crippen LogP contribution is 2.42. The summed E-state index contributed by atoms with van der Waals surface area (Å²) in [4.78, 5) is 27.3. The Hall–Kier alpha value is -2.16. The van der Waals surface area contributed by atoms with Crippen LogP contribution in [0.1, 0.15) is 67.6 Å². The first kappa shape index (κ1) is 23.0. The van der Waals surface area contributed by atoms with Gasteiger partial charge in [-0.1, -0.05) is 19.3 Å². The molecule has 1 saturated heterocycles. The summed E-state index contributed by atoms with van der Waals surface area (Å²) in [5.74, 6) is -0.356. The first-order valence-corrected chi connectivity index (χ1v) is 10.9. The number of hydrogen-bond donors (Lipinski definition) is 0. The number of rotatable bonds is 3. The minimum atomic E-state index is -5.02. The predicted molar refractivity (Wildman–Crippen MR) is 107 cm³/mol. The van der Waals surface area contributed by atoms with Crippen LogP contribution in [-0.4, -0.2) is 24.0 Å². The standard InChI is InChI=1S/C23H23F6NO2/c24-22(25,26)14-10-13(11-15(12-14)23(27,28)29)18-19(21(32)20(18)31)16-6-2-3-7-17(16)30-8-4-1-5-9-30/h10-12,16-17H,1-9H2/t16-,17-/m0/s1. The zero-order valence-corrected chi connectivity index (χ0v) is 17.3. The second-order valence-electron chi connectivity index (χ2n) is 8.80. The lowest BCUT2D eigenvalue weighted by molar-refractivity contribution is -0.143. The molecule has 32 heavy (non-hydrogen) atoms. The van der Waals surface area contributed by atoms with E-state index in [2.05, 4.69) is 4.90 Å². The van der Waals surface area contributed by atoms with Crippen molar-refractivity contribution in [1.82, 2.24) is 4.90 Å². The van der Waals surface area contributed by atoms with Crippen LogP contribution < -0.4 is 10.9 Å². The fourth-order valence-electron chi connectivity index (χ4n) is 5.28. The average molecular weight is 459 g/mol. The van der Waals surface area contributed by atoms with Crippen LogP contribution in [0.2, 0.25) is 0 Å². The molecule has 1 aliphatic heterocycles. The molecule has 2 aromatic carbocycles. The fourth-order valence-corrected chi connectivity index (χ4v) is 5.28. The van der Waals surface area contributed by atoms with Gasteiger partial charge >= 0.3 is 12.4 Å². The summed E-state index contributed by atoms with van der Waals surface area (Å²) in [6, 6.07) is 1.10. The van der Waals surface area contributed by atoms with Gasteiger partial charge in [-0.05, 0) is 62.5 Å². The monoisotopic (exact) mass is 459 g/mol. The van der Waals surface area contributed by atoms with Crippen molar-refractivity contribution in [2.45, 2.75) is 69.3 Å². The molecule has 2 fully saturated rings. The van der Waals surface area contributed by atoms with Gasteiger partial charge < -0.3 is 0 Å². The van der Waals surface area contributed by atoms with Crippen LogP contribution in [0.5, 0.6) is 0 Å². The van der Waals surface area contributed by atoms with E-state index in [1.54, 1.807) is 0 Å². The van der Waals surface area contributed by atoms with Gasteiger partial charge in [-0.15, -0.1) is 0 Å². The van der Waals surface area contributed by atoms with Crippen LogP contribution in [0, 0.1) is 0 Å². The number of piperidine rings is 1. The summed E-state index contributed by atoms with van der Waals surface area (Å²) in [6.45, 7) is 1.68. The molecule has 2 atom stereocenters. The zero-order chi connectivity index (χ0) is 23.3. The molecule has 9 heteroatoms. The number of nitrogens with zero attached hydrogens (tertiary/aromatic N) is 1. The van der Waals surface area contributed by atoms with Crippen molar-refractivity contribution < 1.29 is 26.3 Å². The predicted octanol–water partition coefficient (Wildman–Crippen LogP) is 5.50. The van der Waals surface area contributed by atoms with Gasteiger partial charge in [0.1, 0.15) is 0 Å². The van der Waals surface area contributed by atoms with E-state index in [0.717, 1.165) is 51.6 Å². The Kier molecular flexibility index (Phi) is 5.98. The number of benzene rings is 1. The van der Waals surface area contributed by atoms with Gasteiger partial charge in [-0.3, -0.25) is 14.5 Å². The molecule has 0 bridgehead atoms. The zero-order valence-electron chi connectivity index (χ0n) is 17.3. The quantitative estimate of drug-likeness (QED) is 0.450. The van der Waals surface area contributed by atoms with Crippen molar-refractivity contribution in [3.63, 3.8) is 0 Å². The minimum absolute atomic E-state index is 0.0287. The van der Waals surface area contributed by atoms with E-state index < -0.39 is 39.9 Å². The highest BCUT2D eigenvalue weighted by Gasteiger charge is 2.41. The molecule has 1 heterocycles. The van der Waals surface area contributed by atoms with E-state index in [-0.39, 0.29) is 29.2 Å². The Morgan fingerprint density at radius 1 is 0.719 bits per heavy atom. The van der Waals surface area contributed by atoms with E-state index in [9.17, 15) is 35.9 Å². The summed E-state index contributed by atoms with van der Waals surface area (Å²) < 4.78 is 79.9. The Morgan fingerprint density at radius 2 is 1.28 bits per heavy atom. The van der Waals surface area contributed by atoms with E-state index in [4.69, 9.17) is 0 Å². The third-order valence-electron chi connectivity index (χ3n) is 6.78. The maximum atomic E-state index is 13.3. The number of likely N-dealkylation sites (tertiary alicyclic amines) is 1. The lowest BCUT2D eigenvalue weighted by Gasteiger charge is -2.42. The van der Waals surface area contributed by atoms with E-state index >= 15 is 0 Å². The summed E-state index contributed by atoms with van der Waals surface area (Å²) >= 11 is 0. The van der Waals surface area contributed by atoms with Crippen LogP contribution in [0.3, 0.4) is 0 Å². The summed E-state index contributed by atoms with van der Waals surface area (Å²) in [5.41, 5.74) is -5.40. The van der Waals surface area contributed by atoms with Crippen LogP contribution in [0.4, 0.5) is 26.3 Å². The largest absolute Gasteiger partial charge is 0.416 e. The third kappa shape index (κ3) is 4.23. The molecule has 0 unspecified atom stereocenters. The van der Waals surface area contributed by atoms with Crippen LogP contribution in [-0.2, 0) is 12.4 Å². The van der Waals surface area contributed by atoms with E-state index in [1.807, 2.05) is 0 Å². The lowest BCUT2D eigenvalue weighted by atomic mass is 9.74. The Morgan fingerprint density at radius 3 is 1.84 bits per heavy atom. The van der Waals surface area contributed by atoms with Gasteiger partial charge in [-0.2, -0.15) is 26.3 Å². The number of halogens is 6. The maximum Gasteiger partial charge on any atom is 0.416 e. The molecule has 1 saturated carbocycles. The van der Waals surface area contributed by atoms with Crippen LogP contribution in [0.25, 0.3) is 11.1 Å². The van der Waals surface area contributed by atoms with E-state index in [1.165, 1.54) is 0 Å². The molecule has 0 spiro atoms. The molecular weight excluding hydrogens is 436 g/mol. The Bertz CT molecular complexity index is 1030. The Balaban J connectivity index is 1.81. The minimum Gasteiger partial charge on any atom is -0.300 e. The van der Waals surface area contributed by atoms with Gasteiger partial charge in [0, 0.05) is 23.1 Å². The lowest BCUT2D eigenvalue weighted by Crippen LogP contribution is -2.49. The van der Waals surface area contributed by atoms with Crippen LogP contribution in [0.15, 0.2) is 27.8 Å². The molecule has 0 aromatic heterocycles. The van der Waals surface area contributed by atoms with Crippen molar-refractivity contribution >= 4 is 0 Å². The van der Waals surface area contributed by atoms with Gasteiger partial charge in [0.2, 0.25) is 10.9 Å². The molecule has 2 aliphatic rings. The third-order valence-corrected chi connectivity index (χ3v) is 6.78. The number of alkyl halides is 6. The molecule has 2 aromatic rings. The van der Waals surface area contributed by atoms with Gasteiger partial charge in [0.15, 0.2) is 0 Å².